The van der Waals surface area contributed by atoms with Crippen LogP contribution in [-0.2, 0) is 6.42 Å². The summed E-state index contributed by atoms with van der Waals surface area (Å²) in [4.78, 5) is 15.8. The van der Waals surface area contributed by atoms with Crippen LogP contribution in [-0.4, -0.2) is 28.8 Å². The largest absolute Gasteiger partial charge is 0.394 e. The second-order valence-corrected chi connectivity index (χ2v) is 7.24. The molecule has 0 saturated carbocycles. The Hall–Kier alpha value is -2.79. The number of rotatable bonds is 6. The number of carbonyl (C=O) groups is 1. The second kappa shape index (κ2) is 8.27. The number of aliphatic hydroxyl groups is 1. The minimum Gasteiger partial charge on any atom is -0.394 e. The van der Waals surface area contributed by atoms with Gasteiger partial charge in [-0.2, -0.15) is 0 Å². The van der Waals surface area contributed by atoms with E-state index in [0.717, 1.165) is 33.3 Å². The molecule has 0 bridgehead atoms. The number of H-pyrrole nitrogens is 1. The van der Waals surface area contributed by atoms with Gasteiger partial charge in [0.1, 0.15) is 0 Å². The van der Waals surface area contributed by atoms with Gasteiger partial charge in [0, 0.05) is 22.8 Å². The van der Waals surface area contributed by atoms with E-state index in [-0.39, 0.29) is 18.7 Å². The van der Waals surface area contributed by atoms with Crippen LogP contribution in [0.15, 0.2) is 48.7 Å². The van der Waals surface area contributed by atoms with Crippen molar-refractivity contribution in [2.24, 2.45) is 0 Å². The van der Waals surface area contributed by atoms with Crippen molar-refractivity contribution in [1.29, 1.82) is 0 Å². The molecule has 2 amide bonds. The van der Waals surface area contributed by atoms with Crippen LogP contribution in [0.1, 0.15) is 36.5 Å². The fraction of sp³-hybridized carbons (Fsp3) is 0.318. The van der Waals surface area contributed by atoms with Gasteiger partial charge in [-0.05, 0) is 42.0 Å². The summed E-state index contributed by atoms with van der Waals surface area (Å²) < 4.78 is 0. The van der Waals surface area contributed by atoms with E-state index in [0.29, 0.717) is 12.3 Å². The molecule has 1 unspecified atom stereocenters. The van der Waals surface area contributed by atoms with E-state index in [2.05, 4.69) is 29.5 Å². The van der Waals surface area contributed by atoms with Crippen molar-refractivity contribution in [1.82, 2.24) is 10.3 Å². The average molecular weight is 365 g/mol. The minimum absolute atomic E-state index is 0.127. The molecule has 0 saturated heterocycles. The van der Waals surface area contributed by atoms with E-state index in [1.165, 1.54) is 0 Å². The van der Waals surface area contributed by atoms with E-state index < -0.39 is 0 Å². The molecule has 3 aromatic rings. The molecule has 1 heterocycles. The van der Waals surface area contributed by atoms with Gasteiger partial charge in [0.25, 0.3) is 0 Å². The van der Waals surface area contributed by atoms with Gasteiger partial charge in [0.05, 0.1) is 12.6 Å². The number of aromatic amines is 1. The zero-order valence-corrected chi connectivity index (χ0v) is 16.0. The zero-order chi connectivity index (χ0) is 19.4. The van der Waals surface area contributed by atoms with Crippen molar-refractivity contribution in [3.63, 3.8) is 0 Å². The first-order valence-corrected chi connectivity index (χ1v) is 9.32. The molecule has 0 aliphatic rings. The molecule has 0 fully saturated rings. The van der Waals surface area contributed by atoms with E-state index in [1.807, 2.05) is 55.6 Å². The van der Waals surface area contributed by atoms with Crippen LogP contribution >= 0.6 is 0 Å². The molecule has 5 heteroatoms. The Labute approximate surface area is 159 Å². The molecule has 5 nitrogen and oxygen atoms in total. The standard InChI is InChI=1S/C22H27N3O2/c1-14(2)18-9-6-7-15(3)21(18)25-22(27)24-17(13-26)11-16-12-23-20-10-5-4-8-19(16)20/h4-10,12,14,17,23,26H,11,13H2,1-3H3,(H2,24,25,27). The third-order valence-electron chi connectivity index (χ3n) is 4.86. The summed E-state index contributed by atoms with van der Waals surface area (Å²) in [6.07, 6.45) is 2.49. The molecule has 142 valence electrons. The highest BCUT2D eigenvalue weighted by Gasteiger charge is 2.17. The van der Waals surface area contributed by atoms with Crippen LogP contribution in [0.2, 0.25) is 0 Å². The Morgan fingerprint density at radius 3 is 2.67 bits per heavy atom. The molecular formula is C22H27N3O2. The van der Waals surface area contributed by atoms with E-state index in [4.69, 9.17) is 0 Å². The predicted octanol–water partition coefficient (Wildman–Crippen LogP) is 4.32. The van der Waals surface area contributed by atoms with E-state index >= 15 is 0 Å². The Morgan fingerprint density at radius 1 is 1.15 bits per heavy atom. The number of benzene rings is 2. The molecule has 1 atom stereocenters. The number of aliphatic hydroxyl groups excluding tert-OH is 1. The summed E-state index contributed by atoms with van der Waals surface area (Å²) in [6, 6.07) is 13.4. The monoisotopic (exact) mass is 365 g/mol. The highest BCUT2D eigenvalue weighted by molar-refractivity contribution is 5.91. The first kappa shape index (κ1) is 19.0. The number of fused-ring (bicyclic) bond motifs is 1. The summed E-state index contributed by atoms with van der Waals surface area (Å²) in [5.74, 6) is 0.306. The smallest absolute Gasteiger partial charge is 0.319 e. The summed E-state index contributed by atoms with van der Waals surface area (Å²) in [6.45, 7) is 6.06. The summed E-state index contributed by atoms with van der Waals surface area (Å²) in [7, 11) is 0. The van der Waals surface area contributed by atoms with Crippen LogP contribution < -0.4 is 10.6 Å². The first-order chi connectivity index (χ1) is 13.0. The van der Waals surface area contributed by atoms with Crippen molar-refractivity contribution >= 4 is 22.6 Å². The maximum absolute atomic E-state index is 12.6. The lowest BCUT2D eigenvalue weighted by Gasteiger charge is -2.20. The zero-order valence-electron chi connectivity index (χ0n) is 16.0. The number of aromatic nitrogens is 1. The third kappa shape index (κ3) is 4.31. The Kier molecular flexibility index (Phi) is 5.81. The topological polar surface area (TPSA) is 77.2 Å². The van der Waals surface area contributed by atoms with Gasteiger partial charge in [0.2, 0.25) is 0 Å². The van der Waals surface area contributed by atoms with Crippen LogP contribution in [0.25, 0.3) is 10.9 Å². The SMILES string of the molecule is Cc1cccc(C(C)C)c1NC(=O)NC(CO)Cc1c[nH]c2ccccc12. The Morgan fingerprint density at radius 2 is 1.93 bits per heavy atom. The molecule has 0 aliphatic carbocycles. The van der Waals surface area contributed by atoms with E-state index in [1.54, 1.807) is 0 Å². The molecule has 3 rings (SSSR count). The number of hydrogen-bond donors (Lipinski definition) is 4. The molecule has 0 spiro atoms. The summed E-state index contributed by atoms with van der Waals surface area (Å²) in [5, 5.41) is 16.7. The van der Waals surface area contributed by atoms with Crippen LogP contribution in [0.4, 0.5) is 10.5 Å². The number of carbonyl (C=O) groups excluding carboxylic acids is 1. The first-order valence-electron chi connectivity index (χ1n) is 9.32. The maximum Gasteiger partial charge on any atom is 0.319 e. The third-order valence-corrected chi connectivity index (χ3v) is 4.86. The number of para-hydroxylation sites is 2. The highest BCUT2D eigenvalue weighted by atomic mass is 16.3. The fourth-order valence-corrected chi connectivity index (χ4v) is 3.40. The second-order valence-electron chi connectivity index (χ2n) is 7.24. The number of anilines is 1. The number of urea groups is 1. The van der Waals surface area contributed by atoms with Gasteiger partial charge in [-0.15, -0.1) is 0 Å². The number of hydrogen-bond acceptors (Lipinski definition) is 2. The average Bonchev–Trinajstić information content (AvgIpc) is 3.05. The van der Waals surface area contributed by atoms with Crippen molar-refractivity contribution in [2.45, 2.75) is 39.2 Å². The molecule has 0 radical (unpaired) electrons. The lowest BCUT2D eigenvalue weighted by Crippen LogP contribution is -2.41. The summed E-state index contributed by atoms with van der Waals surface area (Å²) in [5.41, 5.74) is 5.09. The molecular weight excluding hydrogens is 338 g/mol. The van der Waals surface area contributed by atoms with Crippen LogP contribution in [0, 0.1) is 6.92 Å². The van der Waals surface area contributed by atoms with Gasteiger partial charge in [-0.25, -0.2) is 4.79 Å². The fourth-order valence-electron chi connectivity index (χ4n) is 3.40. The molecule has 4 N–H and O–H groups in total. The van der Waals surface area contributed by atoms with Crippen molar-refractivity contribution in [2.75, 3.05) is 11.9 Å². The lowest BCUT2D eigenvalue weighted by molar-refractivity contribution is 0.224. The quantitative estimate of drug-likeness (QED) is 0.525. The lowest BCUT2D eigenvalue weighted by atomic mass is 9.98. The number of amides is 2. The van der Waals surface area contributed by atoms with E-state index in [9.17, 15) is 9.90 Å². The maximum atomic E-state index is 12.6. The van der Waals surface area contributed by atoms with Crippen LogP contribution in [0.5, 0.6) is 0 Å². The van der Waals surface area contributed by atoms with Crippen LogP contribution in [0.3, 0.4) is 0 Å². The van der Waals surface area contributed by atoms with Crippen molar-refractivity contribution in [3.05, 3.63) is 65.4 Å². The normalized spacial score (nSPS) is 12.3. The predicted molar refractivity (Wildman–Crippen MR) is 110 cm³/mol. The molecule has 0 aliphatic heterocycles. The van der Waals surface area contributed by atoms with Gasteiger partial charge in [-0.3, -0.25) is 0 Å². The van der Waals surface area contributed by atoms with Gasteiger partial charge in [-0.1, -0.05) is 50.2 Å². The van der Waals surface area contributed by atoms with Gasteiger partial charge >= 0.3 is 6.03 Å². The minimum atomic E-state index is -0.365. The molecule has 2 aromatic carbocycles. The molecule has 1 aromatic heterocycles. The van der Waals surface area contributed by atoms with Crippen molar-refractivity contribution in [3.8, 4) is 0 Å². The Balaban J connectivity index is 1.71. The van der Waals surface area contributed by atoms with Gasteiger partial charge < -0.3 is 20.7 Å². The molecule has 27 heavy (non-hydrogen) atoms. The summed E-state index contributed by atoms with van der Waals surface area (Å²) >= 11 is 0. The highest BCUT2D eigenvalue weighted by Crippen LogP contribution is 2.27. The van der Waals surface area contributed by atoms with Crippen molar-refractivity contribution < 1.29 is 9.90 Å². The number of aryl methyl sites for hydroxylation is 1. The van der Waals surface area contributed by atoms with Gasteiger partial charge in [0.15, 0.2) is 0 Å². The Bertz CT molecular complexity index is 930. The number of nitrogens with one attached hydrogen (secondary N) is 3.